The predicted molar refractivity (Wildman–Crippen MR) is 91.2 cm³/mol. The second-order valence-corrected chi connectivity index (χ2v) is 8.74. The van der Waals surface area contributed by atoms with Crippen LogP contribution in [-0.2, 0) is 14.3 Å². The van der Waals surface area contributed by atoms with Crippen LogP contribution in [-0.4, -0.2) is 40.9 Å². The number of rotatable bonds is 4. The lowest BCUT2D eigenvalue weighted by atomic mass is 9.74. The van der Waals surface area contributed by atoms with Crippen LogP contribution >= 0.6 is 0 Å². The fraction of sp³-hybridized carbons (Fsp3) is 0.895. The number of esters is 1. The van der Waals surface area contributed by atoms with E-state index in [-0.39, 0.29) is 29.4 Å². The number of hydrogen-bond acceptors (Lipinski definition) is 4. The van der Waals surface area contributed by atoms with Crippen LogP contribution in [0.2, 0.25) is 0 Å². The lowest BCUT2D eigenvalue weighted by Gasteiger charge is -2.47. The van der Waals surface area contributed by atoms with Gasteiger partial charge in [-0.25, -0.2) is 0 Å². The molecule has 1 aliphatic heterocycles. The summed E-state index contributed by atoms with van der Waals surface area (Å²) in [6.45, 7) is 10.9. The summed E-state index contributed by atoms with van der Waals surface area (Å²) in [5.74, 6) is 0.245. The number of nitrogens with zero attached hydrogens (tertiary/aromatic N) is 1. The average molecular weight is 323 g/mol. The third-order valence-corrected chi connectivity index (χ3v) is 5.32. The summed E-state index contributed by atoms with van der Waals surface area (Å²) < 4.78 is 5.71. The topological polar surface area (TPSA) is 46.6 Å². The molecule has 3 atom stereocenters. The zero-order valence-electron chi connectivity index (χ0n) is 15.4. The summed E-state index contributed by atoms with van der Waals surface area (Å²) in [5.41, 5.74) is -0.440. The molecule has 1 saturated carbocycles. The first-order valence-electron chi connectivity index (χ1n) is 9.13. The van der Waals surface area contributed by atoms with Gasteiger partial charge in [0.15, 0.2) is 0 Å². The van der Waals surface area contributed by atoms with E-state index in [0.29, 0.717) is 0 Å². The zero-order valence-corrected chi connectivity index (χ0v) is 15.4. The van der Waals surface area contributed by atoms with Crippen molar-refractivity contribution in [2.45, 2.75) is 90.3 Å². The molecule has 0 aromatic heterocycles. The van der Waals surface area contributed by atoms with Crippen molar-refractivity contribution in [3.05, 3.63) is 0 Å². The molecule has 1 spiro atoms. The quantitative estimate of drug-likeness (QED) is 0.586. The van der Waals surface area contributed by atoms with Gasteiger partial charge in [-0.3, -0.25) is 9.69 Å². The van der Waals surface area contributed by atoms with Crippen LogP contribution in [0.3, 0.4) is 0 Å². The Kier molecular flexibility index (Phi) is 5.55. The molecule has 23 heavy (non-hydrogen) atoms. The minimum Gasteiger partial charge on any atom is -0.459 e. The molecule has 2 fully saturated rings. The molecule has 2 rings (SSSR count). The highest BCUT2D eigenvalue weighted by Gasteiger charge is 2.49. The van der Waals surface area contributed by atoms with E-state index in [4.69, 9.17) is 4.74 Å². The van der Waals surface area contributed by atoms with Crippen molar-refractivity contribution in [3.63, 3.8) is 0 Å². The van der Waals surface area contributed by atoms with Crippen molar-refractivity contribution in [1.82, 2.24) is 4.90 Å². The lowest BCUT2D eigenvalue weighted by molar-refractivity contribution is -0.166. The van der Waals surface area contributed by atoms with Gasteiger partial charge >= 0.3 is 5.97 Å². The second kappa shape index (κ2) is 6.92. The first-order chi connectivity index (χ1) is 10.7. The van der Waals surface area contributed by atoms with Crippen molar-refractivity contribution in [1.29, 1.82) is 0 Å². The summed E-state index contributed by atoms with van der Waals surface area (Å²) in [5, 5.41) is 0. The third kappa shape index (κ3) is 4.14. The summed E-state index contributed by atoms with van der Waals surface area (Å²) >= 11 is 0. The van der Waals surface area contributed by atoms with Crippen LogP contribution in [0.15, 0.2) is 0 Å². The van der Waals surface area contributed by atoms with Crippen LogP contribution in [0.25, 0.3) is 0 Å². The van der Waals surface area contributed by atoms with Gasteiger partial charge in [-0.15, -0.1) is 0 Å². The first-order valence-corrected chi connectivity index (χ1v) is 9.13. The van der Waals surface area contributed by atoms with Crippen molar-refractivity contribution < 1.29 is 14.3 Å². The maximum absolute atomic E-state index is 12.8. The molecule has 1 heterocycles. The van der Waals surface area contributed by atoms with Crippen LogP contribution < -0.4 is 0 Å². The number of ether oxygens (including phenoxy) is 1. The Balaban J connectivity index is 2.23. The largest absolute Gasteiger partial charge is 0.459 e. The molecule has 4 heteroatoms. The second-order valence-electron chi connectivity index (χ2n) is 8.74. The molecule has 2 aliphatic rings. The summed E-state index contributed by atoms with van der Waals surface area (Å²) in [6, 6.07) is -0.206. The van der Waals surface area contributed by atoms with Crippen LogP contribution in [0.4, 0.5) is 0 Å². The molecule has 0 radical (unpaired) electrons. The molecule has 2 unspecified atom stereocenters. The highest BCUT2D eigenvalue weighted by molar-refractivity contribution is 5.76. The van der Waals surface area contributed by atoms with E-state index in [1.54, 1.807) is 0 Å². The molecule has 0 amide bonds. The van der Waals surface area contributed by atoms with E-state index >= 15 is 0 Å². The van der Waals surface area contributed by atoms with Gasteiger partial charge in [0.05, 0.1) is 0 Å². The van der Waals surface area contributed by atoms with Crippen LogP contribution in [0.5, 0.6) is 0 Å². The van der Waals surface area contributed by atoms with Crippen LogP contribution in [0.1, 0.15) is 73.1 Å². The molecule has 0 aromatic carbocycles. The Bertz CT molecular complexity index is 440. The fourth-order valence-corrected chi connectivity index (χ4v) is 4.50. The van der Waals surface area contributed by atoms with E-state index in [2.05, 4.69) is 18.7 Å². The molecule has 0 N–H and O–H groups in total. The van der Waals surface area contributed by atoms with Crippen molar-refractivity contribution in [2.24, 2.45) is 11.8 Å². The molecular formula is C19H33NO3. The normalized spacial score (nSPS) is 30.6. The Morgan fingerprint density at radius 3 is 2.48 bits per heavy atom. The Morgan fingerprint density at radius 2 is 1.91 bits per heavy atom. The van der Waals surface area contributed by atoms with Gasteiger partial charge in [0.1, 0.15) is 17.9 Å². The highest BCUT2D eigenvalue weighted by Crippen LogP contribution is 2.45. The van der Waals surface area contributed by atoms with E-state index in [9.17, 15) is 9.59 Å². The van der Waals surface area contributed by atoms with Gasteiger partial charge in [-0.1, -0.05) is 20.3 Å². The number of carbonyl (C=O) groups excluding carboxylic acids is 2. The third-order valence-electron chi connectivity index (χ3n) is 5.32. The monoisotopic (exact) mass is 323 g/mol. The van der Waals surface area contributed by atoms with Crippen molar-refractivity contribution >= 4 is 12.3 Å². The highest BCUT2D eigenvalue weighted by atomic mass is 16.6. The Hall–Kier alpha value is -0.900. The van der Waals surface area contributed by atoms with Crippen LogP contribution in [0, 0.1) is 11.8 Å². The molecule has 0 aromatic rings. The van der Waals surface area contributed by atoms with E-state index in [1.165, 1.54) is 0 Å². The van der Waals surface area contributed by atoms with Crippen molar-refractivity contribution in [3.8, 4) is 0 Å². The Morgan fingerprint density at radius 1 is 1.26 bits per heavy atom. The average Bonchev–Trinajstić information content (AvgIpc) is 2.79. The number of carbonyl (C=O) groups is 2. The minimum absolute atomic E-state index is 0.0235. The molecule has 132 valence electrons. The predicted octanol–water partition coefficient (Wildman–Crippen LogP) is 3.58. The first kappa shape index (κ1) is 18.4. The fourth-order valence-electron chi connectivity index (χ4n) is 4.50. The molecule has 1 saturated heterocycles. The molecule has 4 nitrogen and oxygen atoms in total. The molecule has 0 bridgehead atoms. The maximum atomic E-state index is 12.8. The standard InChI is InChI=1S/C19H33NO3/c1-14(2)16(17(22)23-18(3,4)5)20-11-7-10-19(20)9-6-8-15(12-19)13-21/h13-16H,6-12H2,1-5H3/t15?,16-,19?/m0/s1. The summed E-state index contributed by atoms with van der Waals surface area (Å²) in [6.07, 6.45) is 7.42. The SMILES string of the molecule is CC(C)[C@@H](C(=O)OC(C)(C)C)N1CCCC12CCCC(C=O)C2. The summed E-state index contributed by atoms with van der Waals surface area (Å²) in [7, 11) is 0. The van der Waals surface area contributed by atoms with Gasteiger partial charge in [0, 0.05) is 11.5 Å². The van der Waals surface area contributed by atoms with Gasteiger partial charge < -0.3 is 9.53 Å². The van der Waals surface area contributed by atoms with Gasteiger partial charge in [-0.05, 0) is 65.3 Å². The smallest absolute Gasteiger partial charge is 0.324 e. The number of likely N-dealkylation sites (tertiary alicyclic amines) is 1. The maximum Gasteiger partial charge on any atom is 0.324 e. The molecular weight excluding hydrogens is 290 g/mol. The van der Waals surface area contributed by atoms with Gasteiger partial charge in [0.25, 0.3) is 0 Å². The van der Waals surface area contributed by atoms with E-state index in [1.807, 2.05) is 20.8 Å². The van der Waals surface area contributed by atoms with E-state index in [0.717, 1.165) is 51.4 Å². The molecule has 1 aliphatic carbocycles. The van der Waals surface area contributed by atoms with Gasteiger partial charge in [-0.2, -0.15) is 0 Å². The Labute approximate surface area is 140 Å². The number of aldehydes is 1. The lowest BCUT2D eigenvalue weighted by Crippen LogP contribution is -2.57. The van der Waals surface area contributed by atoms with Gasteiger partial charge in [0.2, 0.25) is 0 Å². The minimum atomic E-state index is -0.463. The zero-order chi connectivity index (χ0) is 17.3. The van der Waals surface area contributed by atoms with E-state index < -0.39 is 5.60 Å². The van der Waals surface area contributed by atoms with Crippen molar-refractivity contribution in [2.75, 3.05) is 6.54 Å². The number of hydrogen-bond donors (Lipinski definition) is 0. The summed E-state index contributed by atoms with van der Waals surface area (Å²) in [4.78, 5) is 26.5.